The number of rotatable bonds is 2. The van der Waals surface area contributed by atoms with Crippen LogP contribution in [0.5, 0.6) is 0 Å². The Morgan fingerprint density at radius 3 is 2.50 bits per heavy atom. The van der Waals surface area contributed by atoms with Crippen LogP contribution >= 0.6 is 23.2 Å². The summed E-state index contributed by atoms with van der Waals surface area (Å²) in [6.07, 6.45) is 0.567. The van der Waals surface area contributed by atoms with Gasteiger partial charge in [-0.2, -0.15) is 0 Å². The average Bonchev–Trinajstić information content (AvgIpc) is 2.51. The molecule has 0 saturated heterocycles. The van der Waals surface area contributed by atoms with E-state index in [4.69, 9.17) is 23.2 Å². The number of halogens is 3. The molecule has 112 valence electrons. The van der Waals surface area contributed by atoms with Crippen molar-refractivity contribution in [1.82, 2.24) is 5.32 Å². The van der Waals surface area contributed by atoms with Gasteiger partial charge in [0, 0.05) is 5.70 Å². The van der Waals surface area contributed by atoms with E-state index < -0.39 is 0 Å². The van der Waals surface area contributed by atoms with Gasteiger partial charge in [0.25, 0.3) is 0 Å². The zero-order valence-electron chi connectivity index (χ0n) is 11.7. The van der Waals surface area contributed by atoms with Crippen molar-refractivity contribution in [3.8, 4) is 0 Å². The molecule has 4 heteroatoms. The number of hydrogen-bond acceptors (Lipinski definition) is 1. The molecule has 0 bridgehead atoms. The molecule has 1 unspecified atom stereocenters. The highest BCUT2D eigenvalue weighted by Crippen LogP contribution is 2.38. The summed E-state index contributed by atoms with van der Waals surface area (Å²) in [4.78, 5) is 0. The first kappa shape index (κ1) is 15.1. The van der Waals surface area contributed by atoms with Gasteiger partial charge in [-0.15, -0.1) is 11.6 Å². The van der Waals surface area contributed by atoms with Gasteiger partial charge in [0.15, 0.2) is 0 Å². The van der Waals surface area contributed by atoms with Crippen molar-refractivity contribution in [3.63, 3.8) is 0 Å². The van der Waals surface area contributed by atoms with Crippen LogP contribution in [0.1, 0.15) is 17.5 Å². The van der Waals surface area contributed by atoms with E-state index in [9.17, 15) is 4.39 Å². The molecule has 2 aromatic carbocycles. The second kappa shape index (κ2) is 6.15. The monoisotopic (exact) mass is 333 g/mol. The van der Waals surface area contributed by atoms with Crippen LogP contribution in [0.25, 0.3) is 11.3 Å². The van der Waals surface area contributed by atoms with Crippen molar-refractivity contribution in [3.05, 3.63) is 82.8 Å². The molecular formula is C18H14Cl2FN. The lowest BCUT2D eigenvalue weighted by atomic mass is 9.91. The van der Waals surface area contributed by atoms with E-state index >= 15 is 0 Å². The van der Waals surface area contributed by atoms with Crippen LogP contribution in [0.3, 0.4) is 0 Å². The molecule has 0 radical (unpaired) electrons. The summed E-state index contributed by atoms with van der Waals surface area (Å²) in [7, 11) is 0. The lowest BCUT2D eigenvalue weighted by molar-refractivity contribution is 0.622. The zero-order chi connectivity index (χ0) is 15.7. The average molecular weight is 334 g/mol. The summed E-state index contributed by atoms with van der Waals surface area (Å²) >= 11 is 12.5. The Morgan fingerprint density at radius 2 is 1.82 bits per heavy atom. The normalized spacial score (nSPS) is 18.3. The third-order valence-electron chi connectivity index (χ3n) is 3.68. The van der Waals surface area contributed by atoms with Crippen molar-refractivity contribution < 1.29 is 4.39 Å². The Morgan fingerprint density at radius 1 is 1.09 bits per heavy atom. The molecule has 1 atom stereocenters. The van der Waals surface area contributed by atoms with Crippen LogP contribution < -0.4 is 5.32 Å². The molecular weight excluding hydrogens is 320 g/mol. The quantitative estimate of drug-likeness (QED) is 0.719. The van der Waals surface area contributed by atoms with E-state index in [0.717, 1.165) is 11.1 Å². The molecule has 3 rings (SSSR count). The SMILES string of the molecule is C=C1NC(c2c(F)cccc2Cl)=C(c2ccccc2)CC1Cl. The summed E-state index contributed by atoms with van der Waals surface area (Å²) in [5.41, 5.74) is 3.56. The first-order valence-electron chi connectivity index (χ1n) is 6.90. The maximum atomic E-state index is 14.3. The molecule has 0 amide bonds. The fraction of sp³-hybridized carbons (Fsp3) is 0.111. The summed E-state index contributed by atoms with van der Waals surface area (Å²) < 4.78 is 14.3. The van der Waals surface area contributed by atoms with E-state index in [1.54, 1.807) is 12.1 Å². The molecule has 1 nitrogen and oxygen atoms in total. The van der Waals surface area contributed by atoms with Crippen LogP contribution in [0.15, 0.2) is 60.8 Å². The summed E-state index contributed by atoms with van der Waals surface area (Å²) in [6.45, 7) is 3.92. The van der Waals surface area contributed by atoms with Gasteiger partial charge in [-0.1, -0.05) is 54.6 Å². The van der Waals surface area contributed by atoms with Gasteiger partial charge in [0.05, 0.1) is 21.7 Å². The largest absolute Gasteiger partial charge is 0.357 e. The second-order valence-electron chi connectivity index (χ2n) is 5.14. The fourth-order valence-electron chi connectivity index (χ4n) is 2.57. The van der Waals surface area contributed by atoms with Gasteiger partial charge in [0.2, 0.25) is 0 Å². The molecule has 0 spiro atoms. The van der Waals surface area contributed by atoms with E-state index in [0.29, 0.717) is 28.4 Å². The first-order valence-corrected chi connectivity index (χ1v) is 7.72. The zero-order valence-corrected chi connectivity index (χ0v) is 13.3. The molecule has 0 aliphatic carbocycles. The molecule has 1 N–H and O–H groups in total. The van der Waals surface area contributed by atoms with Crippen LogP contribution in [0.2, 0.25) is 5.02 Å². The topological polar surface area (TPSA) is 12.0 Å². The molecule has 22 heavy (non-hydrogen) atoms. The molecule has 1 aliphatic heterocycles. The Hall–Kier alpha value is -1.77. The number of benzene rings is 2. The van der Waals surface area contributed by atoms with Crippen molar-refractivity contribution in [2.45, 2.75) is 11.8 Å². The van der Waals surface area contributed by atoms with Crippen molar-refractivity contribution >= 4 is 34.5 Å². The van der Waals surface area contributed by atoms with Gasteiger partial charge >= 0.3 is 0 Å². The van der Waals surface area contributed by atoms with Crippen LogP contribution in [-0.2, 0) is 0 Å². The number of allylic oxidation sites excluding steroid dienone is 2. The Labute approximate surface area is 139 Å². The summed E-state index contributed by atoms with van der Waals surface area (Å²) in [5, 5.41) is 3.25. The predicted octanol–water partition coefficient (Wildman–Crippen LogP) is 5.46. The summed E-state index contributed by atoms with van der Waals surface area (Å²) in [6, 6.07) is 14.4. The third-order valence-corrected chi connectivity index (χ3v) is 4.42. The molecule has 0 aromatic heterocycles. The van der Waals surface area contributed by atoms with E-state index in [1.165, 1.54) is 6.07 Å². The number of alkyl halides is 1. The van der Waals surface area contributed by atoms with Gasteiger partial charge in [-0.05, 0) is 29.7 Å². The van der Waals surface area contributed by atoms with Crippen LogP contribution in [0, 0.1) is 5.82 Å². The maximum absolute atomic E-state index is 14.3. The summed E-state index contributed by atoms with van der Waals surface area (Å²) in [5.74, 6) is -0.371. The molecule has 2 aromatic rings. The maximum Gasteiger partial charge on any atom is 0.134 e. The lowest BCUT2D eigenvalue weighted by Gasteiger charge is -2.28. The fourth-order valence-corrected chi connectivity index (χ4v) is 3.04. The molecule has 0 fully saturated rings. The second-order valence-corrected chi connectivity index (χ2v) is 6.07. The minimum Gasteiger partial charge on any atom is -0.357 e. The predicted molar refractivity (Wildman–Crippen MR) is 91.2 cm³/mol. The van der Waals surface area contributed by atoms with E-state index in [1.807, 2.05) is 30.3 Å². The smallest absolute Gasteiger partial charge is 0.134 e. The Kier molecular flexibility index (Phi) is 4.23. The minimum atomic E-state index is -0.371. The van der Waals surface area contributed by atoms with Gasteiger partial charge in [-0.25, -0.2) is 4.39 Å². The van der Waals surface area contributed by atoms with Crippen LogP contribution in [0.4, 0.5) is 4.39 Å². The Balaban J connectivity index is 2.24. The third kappa shape index (κ3) is 2.77. The highest BCUT2D eigenvalue weighted by molar-refractivity contribution is 6.32. The van der Waals surface area contributed by atoms with Crippen molar-refractivity contribution in [2.75, 3.05) is 0 Å². The highest BCUT2D eigenvalue weighted by atomic mass is 35.5. The minimum absolute atomic E-state index is 0.246. The highest BCUT2D eigenvalue weighted by Gasteiger charge is 2.26. The molecule has 1 aliphatic rings. The van der Waals surface area contributed by atoms with Crippen molar-refractivity contribution in [1.29, 1.82) is 0 Å². The number of nitrogens with one attached hydrogen (secondary N) is 1. The molecule has 0 saturated carbocycles. The Bertz CT molecular complexity index is 733. The lowest BCUT2D eigenvalue weighted by Crippen LogP contribution is -2.26. The van der Waals surface area contributed by atoms with E-state index in [2.05, 4.69) is 11.9 Å². The van der Waals surface area contributed by atoms with Crippen molar-refractivity contribution in [2.24, 2.45) is 0 Å². The number of hydrogen-bond donors (Lipinski definition) is 1. The standard InChI is InChI=1S/C18H14Cl2FN/c1-11-15(20)10-13(12-6-3-2-4-7-12)18(22-11)17-14(19)8-5-9-16(17)21/h2-9,15,22H,1,10H2. The first-order chi connectivity index (χ1) is 10.6. The van der Waals surface area contributed by atoms with Gasteiger partial charge < -0.3 is 5.32 Å². The van der Waals surface area contributed by atoms with Gasteiger partial charge in [0.1, 0.15) is 5.82 Å². The van der Waals surface area contributed by atoms with E-state index in [-0.39, 0.29) is 11.2 Å². The van der Waals surface area contributed by atoms with Crippen LogP contribution in [-0.4, -0.2) is 5.38 Å². The van der Waals surface area contributed by atoms with Gasteiger partial charge in [-0.3, -0.25) is 0 Å². The molecule has 1 heterocycles.